The van der Waals surface area contributed by atoms with E-state index < -0.39 is 0 Å². The lowest BCUT2D eigenvalue weighted by molar-refractivity contribution is -0.119. The van der Waals surface area contributed by atoms with Crippen molar-refractivity contribution < 1.29 is 23.9 Å². The molecule has 2 aliphatic heterocycles. The Balaban J connectivity index is 0.885. The number of benzene rings is 4. The summed E-state index contributed by atoms with van der Waals surface area (Å²) in [6.45, 7) is 22.2. The molecule has 16 heteroatoms. The molecule has 10 rings (SSSR count). The predicted molar refractivity (Wildman–Crippen MR) is 342 cm³/mol. The maximum Gasteiger partial charge on any atom is 0.253 e. The van der Waals surface area contributed by atoms with E-state index >= 15 is 0 Å². The third-order valence-corrected chi connectivity index (χ3v) is 18.8. The molecule has 16 nitrogen and oxygen atoms in total. The number of pyridine rings is 2. The lowest BCUT2D eigenvalue weighted by Gasteiger charge is -2.43. The van der Waals surface area contributed by atoms with E-state index in [4.69, 9.17) is 9.47 Å². The number of morpholine rings is 2. The van der Waals surface area contributed by atoms with Crippen LogP contribution in [-0.2, 0) is 33.9 Å². The smallest absolute Gasteiger partial charge is 0.253 e. The monoisotopic (exact) mass is 1170 g/mol. The highest BCUT2D eigenvalue weighted by atomic mass is 16.5. The van der Waals surface area contributed by atoms with E-state index in [9.17, 15) is 24.0 Å². The van der Waals surface area contributed by atoms with Gasteiger partial charge in [-0.25, -0.2) is 0 Å². The Bertz CT molecular complexity index is 3520. The van der Waals surface area contributed by atoms with Crippen molar-refractivity contribution in [3.8, 4) is 22.3 Å². The molecule has 2 unspecified atom stereocenters. The summed E-state index contributed by atoms with van der Waals surface area (Å²) in [5.41, 5.74) is 15.3. The molecule has 0 radical (unpaired) electrons. The van der Waals surface area contributed by atoms with Crippen molar-refractivity contribution in [2.75, 3.05) is 69.4 Å². The van der Waals surface area contributed by atoms with Gasteiger partial charge >= 0.3 is 0 Å². The van der Waals surface area contributed by atoms with Gasteiger partial charge in [0.05, 0.1) is 32.0 Å². The van der Waals surface area contributed by atoms with Crippen LogP contribution >= 0.6 is 0 Å². The fourth-order valence-corrected chi connectivity index (χ4v) is 14.0. The van der Waals surface area contributed by atoms with Crippen molar-refractivity contribution in [3.63, 3.8) is 0 Å². The zero-order chi connectivity index (χ0) is 60.8. The fourth-order valence-electron chi connectivity index (χ4n) is 14.0. The van der Waals surface area contributed by atoms with Crippen molar-refractivity contribution in [1.29, 1.82) is 0 Å². The molecule has 3 amide bonds. The van der Waals surface area contributed by atoms with Crippen LogP contribution in [0.15, 0.2) is 94.5 Å². The number of carbonyl (C=O) groups excluding carboxylic acids is 3. The maximum absolute atomic E-state index is 14.4. The number of aromatic amines is 2. The lowest BCUT2D eigenvalue weighted by atomic mass is 9.89. The molecule has 2 saturated carbocycles. The van der Waals surface area contributed by atoms with Gasteiger partial charge in [0.2, 0.25) is 5.91 Å². The van der Waals surface area contributed by atoms with Gasteiger partial charge in [-0.05, 0) is 179 Å². The highest BCUT2D eigenvalue weighted by Gasteiger charge is 2.35. The maximum atomic E-state index is 14.4. The number of H-pyrrole nitrogens is 2. The Morgan fingerprint density at radius 1 is 0.640 bits per heavy atom. The Labute approximate surface area is 507 Å². The zero-order valence-electron chi connectivity index (χ0n) is 52.1. The zero-order valence-corrected chi connectivity index (χ0v) is 52.1. The highest BCUT2D eigenvalue weighted by Crippen LogP contribution is 2.39. The van der Waals surface area contributed by atoms with E-state index in [0.29, 0.717) is 48.1 Å². The molecule has 2 saturated heterocycles. The molecule has 4 heterocycles. The number of nitrogens with one attached hydrogen (secondary N) is 5. The van der Waals surface area contributed by atoms with Gasteiger partial charge in [0.15, 0.2) is 0 Å². The molecule has 2 aromatic heterocycles. The summed E-state index contributed by atoms with van der Waals surface area (Å²) >= 11 is 0. The van der Waals surface area contributed by atoms with Crippen LogP contribution in [-0.4, -0.2) is 121 Å². The predicted octanol–water partition coefficient (Wildman–Crippen LogP) is 10.0. The Morgan fingerprint density at radius 2 is 1.17 bits per heavy atom. The number of rotatable bonds is 19. The molecule has 4 fully saturated rings. The Kier molecular flexibility index (Phi) is 19.8. The average molecular weight is 1170 g/mol. The first-order valence-corrected chi connectivity index (χ1v) is 31.3. The van der Waals surface area contributed by atoms with Gasteiger partial charge in [-0.2, -0.15) is 0 Å². The summed E-state index contributed by atoms with van der Waals surface area (Å²) < 4.78 is 12.7. The Morgan fingerprint density at radius 3 is 1.71 bits per heavy atom. The van der Waals surface area contributed by atoms with Crippen LogP contribution in [0, 0.1) is 41.5 Å². The second-order valence-electron chi connectivity index (χ2n) is 24.7. The van der Waals surface area contributed by atoms with E-state index in [1.54, 1.807) is 6.92 Å². The molecule has 6 aromatic rings. The van der Waals surface area contributed by atoms with Gasteiger partial charge in [0.1, 0.15) is 0 Å². The van der Waals surface area contributed by atoms with Crippen LogP contribution in [0.5, 0.6) is 0 Å². The number of aryl methyl sites for hydroxylation is 4. The molecule has 456 valence electrons. The second-order valence-corrected chi connectivity index (χ2v) is 24.7. The fraction of sp³-hybridized carbons (Fsp3) is 0.471. The van der Waals surface area contributed by atoms with Gasteiger partial charge in [-0.3, -0.25) is 33.8 Å². The van der Waals surface area contributed by atoms with Crippen LogP contribution in [0.1, 0.15) is 148 Å². The molecule has 2 aliphatic carbocycles. The number of nitrogens with zero attached hydrogens (tertiary/aromatic N) is 4. The number of hydrogen-bond acceptors (Lipinski definition) is 11. The summed E-state index contributed by atoms with van der Waals surface area (Å²) in [5.74, 6) is -0.445. The van der Waals surface area contributed by atoms with Crippen LogP contribution in [0.2, 0.25) is 0 Å². The van der Waals surface area contributed by atoms with Crippen molar-refractivity contribution in [3.05, 3.63) is 173 Å². The van der Waals surface area contributed by atoms with E-state index in [1.807, 2.05) is 58.9 Å². The van der Waals surface area contributed by atoms with E-state index in [1.165, 1.54) is 18.4 Å². The van der Waals surface area contributed by atoms with Gasteiger partial charge in [0, 0.05) is 129 Å². The van der Waals surface area contributed by atoms with Gasteiger partial charge in [0.25, 0.3) is 22.9 Å². The minimum atomic E-state index is -0.245. The van der Waals surface area contributed by atoms with E-state index in [-0.39, 0.29) is 66.2 Å². The third kappa shape index (κ3) is 14.2. The number of hydrogen-bond donors (Lipinski definition) is 5. The van der Waals surface area contributed by atoms with Crippen molar-refractivity contribution in [2.24, 2.45) is 0 Å². The van der Waals surface area contributed by atoms with Gasteiger partial charge in [-0.1, -0.05) is 61.4 Å². The normalized spacial score (nSPS) is 19.0. The third-order valence-electron chi connectivity index (χ3n) is 18.8. The summed E-state index contributed by atoms with van der Waals surface area (Å²) in [6, 6.07) is 30.7. The number of carbonyl (C=O) groups is 3. The molecule has 5 N–H and O–H groups in total. The van der Waals surface area contributed by atoms with Gasteiger partial charge < -0.3 is 45.2 Å². The van der Waals surface area contributed by atoms with E-state index in [2.05, 4.69) is 127 Å². The lowest BCUT2D eigenvalue weighted by Crippen LogP contribution is -2.51. The standard InChI is InChI=1S/C70H89N9O7/c1-10-79(58-13-11-12-14-58)64-38-55(36-60(48(64)7)68(82)72-40-62-44(3)34-46(5)74-70(62)84)51-17-15-50(16-18-51)41-77-27-32-86-65(42-77)66(78-28-30-85-31-29-78)53-21-19-52(20-22-53)54-35-59(67(81)71-39-61-43(2)33-45(4)73-69(61)83)47(6)63(37-54)76(9)57-25-23-56(24-26-57)75-49(8)80/h15-22,33-38,56-58,65-66H,10-14,23-32,39-42H2,1-9H3,(H,71,81)(H,72,82)(H,73,83)(H,74,84)(H,75,80). The SMILES string of the molecule is CCN(c1cc(-c2ccc(CN3CCOC(C(c4ccc(-c5cc(C(=O)NCc6c(C)cc(C)[nH]c6=O)c(C)c(N(C)C6CCC(NC(C)=O)CC6)c5)cc4)N4CCOCC4)C3)cc2)cc(C(=O)NCc2c(C)cc(C)[nH]c2=O)c1C)C1CCCC1. The number of ether oxygens (including phenoxy) is 2. The van der Waals surface area contributed by atoms with Gasteiger partial charge in [-0.15, -0.1) is 0 Å². The summed E-state index contributed by atoms with van der Waals surface area (Å²) in [5, 5.41) is 9.30. The first kappa shape index (κ1) is 61.7. The quantitative estimate of drug-likeness (QED) is 0.0520. The molecular formula is C70H89N9O7. The number of aromatic nitrogens is 2. The van der Waals surface area contributed by atoms with Crippen LogP contribution in [0.25, 0.3) is 22.3 Å². The Hall–Kier alpha value is -7.37. The second kappa shape index (κ2) is 27.6. The minimum absolute atomic E-state index is 0.00345. The van der Waals surface area contributed by atoms with Crippen molar-refractivity contribution >= 4 is 29.1 Å². The van der Waals surface area contributed by atoms with Crippen molar-refractivity contribution in [1.82, 2.24) is 35.7 Å². The molecular weight excluding hydrogens is 1080 g/mol. The largest absolute Gasteiger partial charge is 0.379 e. The van der Waals surface area contributed by atoms with E-state index in [0.717, 1.165) is 151 Å². The molecule has 4 aromatic carbocycles. The molecule has 0 spiro atoms. The van der Waals surface area contributed by atoms with Crippen LogP contribution in [0.3, 0.4) is 0 Å². The summed E-state index contributed by atoms with van der Waals surface area (Å²) in [4.78, 5) is 82.1. The van der Waals surface area contributed by atoms with Crippen LogP contribution in [0.4, 0.5) is 11.4 Å². The van der Waals surface area contributed by atoms with Crippen molar-refractivity contribution in [2.45, 2.75) is 157 Å². The molecule has 2 atom stereocenters. The topological polar surface area (TPSA) is 184 Å². The molecule has 86 heavy (non-hydrogen) atoms. The first-order valence-electron chi connectivity index (χ1n) is 31.3. The molecule has 0 bridgehead atoms. The number of anilines is 2. The summed E-state index contributed by atoms with van der Waals surface area (Å²) in [6.07, 6.45) is 8.15. The summed E-state index contributed by atoms with van der Waals surface area (Å²) in [7, 11) is 2.11. The van der Waals surface area contributed by atoms with Crippen LogP contribution < -0.4 is 36.9 Å². The highest BCUT2D eigenvalue weighted by molar-refractivity contribution is 6.00. The average Bonchev–Trinajstić information content (AvgIpc) is 2.20. The number of amides is 3. The first-order chi connectivity index (χ1) is 41.4. The minimum Gasteiger partial charge on any atom is -0.379 e. The molecule has 4 aliphatic rings.